The van der Waals surface area contributed by atoms with Crippen molar-refractivity contribution in [2.45, 2.75) is 52.6 Å². The Labute approximate surface area is 140 Å². The molecule has 0 atom stereocenters. The predicted octanol–water partition coefficient (Wildman–Crippen LogP) is 4.95. The highest BCUT2D eigenvalue weighted by atomic mass is 79.9. The third-order valence-electron chi connectivity index (χ3n) is 3.28. The number of nitrogens with one attached hydrogen (secondary N) is 1. The molecule has 21 heavy (non-hydrogen) atoms. The molecule has 2 aromatic rings. The number of hydrogen-bond donors (Lipinski definition) is 1. The Balaban J connectivity index is 2.16. The van der Waals surface area contributed by atoms with Gasteiger partial charge in [0.15, 0.2) is 0 Å². The van der Waals surface area contributed by atoms with Crippen molar-refractivity contribution in [3.8, 4) is 0 Å². The number of benzene rings is 1. The van der Waals surface area contributed by atoms with Gasteiger partial charge in [-0.05, 0) is 18.1 Å². The molecule has 2 nitrogen and oxygen atoms in total. The van der Waals surface area contributed by atoms with Crippen LogP contribution in [0, 0.1) is 0 Å². The van der Waals surface area contributed by atoms with Gasteiger partial charge < -0.3 is 5.32 Å². The largest absolute Gasteiger partial charge is 0.310 e. The second-order valence-electron chi connectivity index (χ2n) is 5.53. The zero-order valence-corrected chi connectivity index (χ0v) is 15.4. The molecule has 0 saturated carbocycles. The maximum atomic E-state index is 4.87. The summed E-state index contributed by atoms with van der Waals surface area (Å²) in [6.45, 7) is 7.51. The van der Waals surface area contributed by atoms with E-state index in [-0.39, 0.29) is 0 Å². The van der Waals surface area contributed by atoms with Gasteiger partial charge in [-0.15, -0.1) is 11.3 Å². The number of aryl methyl sites for hydroxylation is 1. The first kappa shape index (κ1) is 16.7. The van der Waals surface area contributed by atoms with Crippen LogP contribution >= 0.6 is 27.3 Å². The number of halogens is 1. The van der Waals surface area contributed by atoms with Gasteiger partial charge in [0, 0.05) is 28.4 Å². The molecule has 114 valence electrons. The van der Waals surface area contributed by atoms with E-state index in [2.05, 4.69) is 66.3 Å². The first-order chi connectivity index (χ1) is 10.1. The van der Waals surface area contributed by atoms with Crippen molar-refractivity contribution in [1.82, 2.24) is 10.3 Å². The molecule has 1 heterocycles. The summed E-state index contributed by atoms with van der Waals surface area (Å²) in [6, 6.07) is 8.90. The summed E-state index contributed by atoms with van der Waals surface area (Å²) in [5.74, 6) is 0. The van der Waals surface area contributed by atoms with Crippen LogP contribution in [0.2, 0.25) is 0 Å². The van der Waals surface area contributed by atoms with Gasteiger partial charge in [0.1, 0.15) is 0 Å². The molecule has 2 rings (SSSR count). The fourth-order valence-electron chi connectivity index (χ4n) is 2.18. The minimum Gasteiger partial charge on any atom is -0.310 e. The zero-order valence-electron chi connectivity index (χ0n) is 12.9. The highest BCUT2D eigenvalue weighted by Crippen LogP contribution is 2.25. The Hall–Kier alpha value is -0.710. The Morgan fingerprint density at radius 1 is 1.29 bits per heavy atom. The lowest BCUT2D eigenvalue weighted by Gasteiger charge is -2.07. The van der Waals surface area contributed by atoms with Gasteiger partial charge in [-0.3, -0.25) is 0 Å². The molecule has 1 aromatic carbocycles. The van der Waals surface area contributed by atoms with Gasteiger partial charge in [-0.2, -0.15) is 0 Å². The van der Waals surface area contributed by atoms with E-state index in [0.717, 1.165) is 25.8 Å². The lowest BCUT2D eigenvalue weighted by atomic mass is 10.1. The first-order valence-electron chi connectivity index (χ1n) is 7.54. The van der Waals surface area contributed by atoms with Crippen molar-refractivity contribution in [1.29, 1.82) is 0 Å². The van der Waals surface area contributed by atoms with E-state index in [1.807, 2.05) is 11.3 Å². The molecule has 4 heteroatoms. The van der Waals surface area contributed by atoms with Crippen LogP contribution in [0.1, 0.15) is 48.3 Å². The number of aromatic nitrogens is 1. The molecule has 0 bridgehead atoms. The quantitative estimate of drug-likeness (QED) is 0.749. The highest BCUT2D eigenvalue weighted by Gasteiger charge is 2.12. The van der Waals surface area contributed by atoms with E-state index >= 15 is 0 Å². The van der Waals surface area contributed by atoms with Crippen LogP contribution in [0.25, 0.3) is 0 Å². The van der Waals surface area contributed by atoms with E-state index in [0.29, 0.717) is 6.04 Å². The van der Waals surface area contributed by atoms with Gasteiger partial charge in [0.2, 0.25) is 0 Å². The molecular weight excluding hydrogens is 344 g/mol. The van der Waals surface area contributed by atoms with Crippen LogP contribution in [0.3, 0.4) is 0 Å². The number of hydrogen-bond acceptors (Lipinski definition) is 3. The summed E-state index contributed by atoms with van der Waals surface area (Å²) >= 11 is 5.47. The van der Waals surface area contributed by atoms with Gasteiger partial charge >= 0.3 is 0 Å². The lowest BCUT2D eigenvalue weighted by molar-refractivity contribution is 0.589. The molecule has 0 spiro atoms. The van der Waals surface area contributed by atoms with Crippen molar-refractivity contribution in [2.75, 3.05) is 0 Å². The molecule has 1 N–H and O–H groups in total. The Kier molecular flexibility index (Phi) is 6.40. The van der Waals surface area contributed by atoms with E-state index < -0.39 is 0 Å². The molecule has 0 fully saturated rings. The van der Waals surface area contributed by atoms with Gasteiger partial charge in [0.25, 0.3) is 0 Å². The first-order valence-corrected chi connectivity index (χ1v) is 9.15. The van der Waals surface area contributed by atoms with Crippen molar-refractivity contribution in [2.24, 2.45) is 0 Å². The van der Waals surface area contributed by atoms with Crippen LogP contribution in [-0.4, -0.2) is 11.0 Å². The fourth-order valence-corrected chi connectivity index (χ4v) is 3.70. The minimum atomic E-state index is 0.508. The van der Waals surface area contributed by atoms with Crippen LogP contribution < -0.4 is 5.32 Å². The summed E-state index contributed by atoms with van der Waals surface area (Å²) in [5.41, 5.74) is 2.58. The van der Waals surface area contributed by atoms with Crippen molar-refractivity contribution < 1.29 is 0 Å². The highest BCUT2D eigenvalue weighted by molar-refractivity contribution is 9.10. The van der Waals surface area contributed by atoms with Gasteiger partial charge in [-0.25, -0.2) is 4.98 Å². The third kappa shape index (κ3) is 4.90. The number of thiazole rings is 1. The smallest absolute Gasteiger partial charge is 0.0975 e. The zero-order chi connectivity index (χ0) is 15.2. The van der Waals surface area contributed by atoms with Crippen LogP contribution in [0.4, 0.5) is 0 Å². The van der Waals surface area contributed by atoms with E-state index in [1.54, 1.807) is 0 Å². The SMILES string of the molecule is CCCc1nc(Cc2ccccc2Br)sc1CNC(C)C. The molecule has 1 aromatic heterocycles. The summed E-state index contributed by atoms with van der Waals surface area (Å²) in [5, 5.41) is 4.72. The number of rotatable bonds is 7. The van der Waals surface area contributed by atoms with Gasteiger partial charge in [0.05, 0.1) is 10.7 Å². The van der Waals surface area contributed by atoms with Crippen molar-refractivity contribution in [3.05, 3.63) is 49.9 Å². The maximum Gasteiger partial charge on any atom is 0.0975 e. The van der Waals surface area contributed by atoms with Crippen molar-refractivity contribution >= 4 is 27.3 Å². The second kappa shape index (κ2) is 8.06. The topological polar surface area (TPSA) is 24.9 Å². The molecule has 0 unspecified atom stereocenters. The molecule has 0 saturated heterocycles. The summed E-state index contributed by atoms with van der Waals surface area (Å²) in [4.78, 5) is 6.27. The second-order valence-corrected chi connectivity index (χ2v) is 7.55. The Morgan fingerprint density at radius 2 is 2.05 bits per heavy atom. The average Bonchev–Trinajstić information content (AvgIpc) is 2.81. The molecule has 0 radical (unpaired) electrons. The summed E-state index contributed by atoms with van der Waals surface area (Å²) in [6.07, 6.45) is 3.12. The summed E-state index contributed by atoms with van der Waals surface area (Å²) < 4.78 is 1.17. The van der Waals surface area contributed by atoms with Gasteiger partial charge in [-0.1, -0.05) is 61.3 Å². The number of nitrogens with zero attached hydrogens (tertiary/aromatic N) is 1. The summed E-state index contributed by atoms with van der Waals surface area (Å²) in [7, 11) is 0. The molecule has 0 aliphatic carbocycles. The van der Waals surface area contributed by atoms with Crippen LogP contribution in [-0.2, 0) is 19.4 Å². The van der Waals surface area contributed by atoms with Crippen molar-refractivity contribution in [3.63, 3.8) is 0 Å². The van der Waals surface area contributed by atoms with E-state index in [4.69, 9.17) is 4.98 Å². The van der Waals surface area contributed by atoms with E-state index in [9.17, 15) is 0 Å². The van der Waals surface area contributed by atoms with E-state index in [1.165, 1.54) is 25.6 Å². The normalized spacial score (nSPS) is 11.3. The molecule has 0 aliphatic rings. The van der Waals surface area contributed by atoms with Crippen LogP contribution in [0.15, 0.2) is 28.7 Å². The fraction of sp³-hybridized carbons (Fsp3) is 0.471. The third-order valence-corrected chi connectivity index (χ3v) is 5.15. The molecule has 0 aliphatic heterocycles. The monoisotopic (exact) mass is 366 g/mol. The molecule has 0 amide bonds. The molecular formula is C17H23BrN2S. The predicted molar refractivity (Wildman–Crippen MR) is 95.0 cm³/mol. The average molecular weight is 367 g/mol. The Bertz CT molecular complexity index is 578. The maximum absolute atomic E-state index is 4.87. The Morgan fingerprint density at radius 3 is 2.71 bits per heavy atom. The standard InChI is InChI=1S/C17H23BrN2S/c1-4-7-15-16(11-19-12(2)3)21-17(20-15)10-13-8-5-6-9-14(13)18/h5-6,8-9,12,19H,4,7,10-11H2,1-3H3. The minimum absolute atomic E-state index is 0.508. The lowest BCUT2D eigenvalue weighted by Crippen LogP contribution is -2.21. The van der Waals surface area contributed by atoms with Crippen LogP contribution in [0.5, 0.6) is 0 Å².